The molecule has 0 aliphatic heterocycles. The molecule has 0 bridgehead atoms. The van der Waals surface area contributed by atoms with Crippen LogP contribution in [0.5, 0.6) is 0 Å². The average molecular weight is 379 g/mol. The third-order valence-corrected chi connectivity index (χ3v) is 3.94. The van der Waals surface area contributed by atoms with Gasteiger partial charge in [0, 0.05) is 23.3 Å². The highest BCUT2D eigenvalue weighted by molar-refractivity contribution is 7.14. The molecule has 3 rings (SSSR count). The highest BCUT2D eigenvalue weighted by Crippen LogP contribution is 2.25. The van der Waals surface area contributed by atoms with Crippen LogP contribution in [0.25, 0.3) is 11.4 Å². The van der Waals surface area contributed by atoms with Gasteiger partial charge in [0.1, 0.15) is 11.5 Å². The molecule has 0 aliphatic rings. The normalized spacial score (nSPS) is 12.0. The molecule has 0 spiro atoms. The van der Waals surface area contributed by atoms with E-state index in [1.54, 1.807) is 23.0 Å². The van der Waals surface area contributed by atoms with Crippen molar-refractivity contribution in [2.24, 2.45) is 0 Å². The smallest absolute Gasteiger partial charge is 0.287 e. The van der Waals surface area contributed by atoms with Crippen molar-refractivity contribution >= 4 is 28.2 Å². The summed E-state index contributed by atoms with van der Waals surface area (Å²) in [7, 11) is 0. The monoisotopic (exact) mass is 379 g/mol. The highest BCUT2D eigenvalue weighted by atomic mass is 32.1. The molecule has 1 amide bonds. The number of nitrogens with zero attached hydrogens (tertiary/aromatic N) is 3. The molecule has 0 fully saturated rings. The van der Waals surface area contributed by atoms with Crippen LogP contribution >= 0.6 is 11.3 Å². The Kier molecular flexibility index (Phi) is 5.42. The zero-order valence-electron chi connectivity index (χ0n) is 13.1. The van der Waals surface area contributed by atoms with Gasteiger partial charge < -0.3 is 10.6 Å². The van der Waals surface area contributed by atoms with Gasteiger partial charge in [0.05, 0.1) is 5.69 Å². The lowest BCUT2D eigenvalue weighted by atomic mass is 10.2. The quantitative estimate of drug-likeness (QED) is 0.640. The summed E-state index contributed by atoms with van der Waals surface area (Å²) in [5.41, 5.74) is 1.37. The van der Waals surface area contributed by atoms with E-state index in [2.05, 4.69) is 20.3 Å². The van der Waals surface area contributed by atoms with E-state index in [-0.39, 0.29) is 11.4 Å². The Morgan fingerprint density at radius 2 is 1.92 bits per heavy atom. The van der Waals surface area contributed by atoms with Crippen LogP contribution in [0.2, 0.25) is 0 Å². The van der Waals surface area contributed by atoms with Gasteiger partial charge >= 0.3 is 0 Å². The third kappa shape index (κ3) is 4.33. The summed E-state index contributed by atoms with van der Waals surface area (Å²) >= 11 is 1.31. The number of amides is 1. The van der Waals surface area contributed by atoms with E-state index in [1.165, 1.54) is 29.7 Å². The first-order chi connectivity index (χ1) is 12.5. The highest BCUT2D eigenvalue weighted by Gasteiger charge is 2.22. The fourth-order valence-corrected chi connectivity index (χ4v) is 2.70. The number of hydrogen-bond acceptors (Lipinski definition) is 6. The maximum Gasteiger partial charge on any atom is 0.287 e. The first-order valence-electron chi connectivity index (χ1n) is 7.36. The topological polar surface area (TPSA) is 79.8 Å². The summed E-state index contributed by atoms with van der Waals surface area (Å²) in [6, 6.07) is 8.06. The van der Waals surface area contributed by atoms with E-state index >= 15 is 0 Å². The second-order valence-corrected chi connectivity index (χ2v) is 5.88. The van der Waals surface area contributed by atoms with Gasteiger partial charge in [-0.3, -0.25) is 9.78 Å². The van der Waals surface area contributed by atoms with Crippen molar-refractivity contribution in [3.63, 3.8) is 0 Å². The minimum Gasteiger partial charge on any atom is -0.318 e. The van der Waals surface area contributed by atoms with Gasteiger partial charge in [-0.2, -0.15) is 0 Å². The molecule has 2 N–H and O–H groups in total. The van der Waals surface area contributed by atoms with Crippen LogP contribution in [-0.4, -0.2) is 33.6 Å². The Labute approximate surface area is 150 Å². The van der Waals surface area contributed by atoms with E-state index in [9.17, 15) is 18.0 Å². The number of hydrogen-bond donors (Lipinski definition) is 2. The van der Waals surface area contributed by atoms with Crippen molar-refractivity contribution in [3.05, 3.63) is 53.7 Å². The molecule has 0 saturated carbocycles. The summed E-state index contributed by atoms with van der Waals surface area (Å²) in [5, 5.41) is 6.80. The molecule has 10 heteroatoms. The number of carbonyl (C=O) groups is 1. The van der Waals surface area contributed by atoms with Crippen LogP contribution in [0.3, 0.4) is 0 Å². The first kappa shape index (κ1) is 17.8. The molecule has 6 nitrogen and oxygen atoms in total. The van der Waals surface area contributed by atoms with Gasteiger partial charge in [0.2, 0.25) is 6.30 Å². The summed E-state index contributed by atoms with van der Waals surface area (Å²) in [6.07, 6.45) is -3.06. The van der Waals surface area contributed by atoms with Crippen LogP contribution in [-0.2, 0) is 0 Å². The number of alkyl halides is 3. The number of carbonyl (C=O) groups excluding carboxylic acids is 1. The third-order valence-electron chi connectivity index (χ3n) is 3.18. The predicted octanol–water partition coefficient (Wildman–Crippen LogP) is 3.63. The Hall–Kier alpha value is -3.01. The summed E-state index contributed by atoms with van der Waals surface area (Å²) < 4.78 is 37.3. The van der Waals surface area contributed by atoms with Crippen molar-refractivity contribution in [2.75, 3.05) is 5.32 Å². The van der Waals surface area contributed by atoms with Gasteiger partial charge in [-0.15, -0.1) is 11.3 Å². The standard InChI is InChI=1S/C16H12F3N5OS/c17-13(18)14(19)24-15(25)9-4-6-21-12(7-9)23-16-22-11(8-26-16)10-3-1-2-5-20-10/h1-8,13-14H,(H,24,25)(H,21,22,23). The Bertz CT molecular complexity index is 890. The minimum absolute atomic E-state index is 0.00712. The van der Waals surface area contributed by atoms with E-state index in [0.29, 0.717) is 16.5 Å². The number of halogens is 3. The van der Waals surface area contributed by atoms with E-state index in [4.69, 9.17) is 0 Å². The molecule has 26 heavy (non-hydrogen) atoms. The van der Waals surface area contributed by atoms with Gasteiger partial charge in [-0.25, -0.2) is 23.1 Å². The average Bonchev–Trinajstić information content (AvgIpc) is 3.11. The summed E-state index contributed by atoms with van der Waals surface area (Å²) in [5.74, 6) is -0.691. The van der Waals surface area contributed by atoms with E-state index in [0.717, 1.165) is 0 Å². The van der Waals surface area contributed by atoms with Crippen LogP contribution in [0.15, 0.2) is 48.1 Å². The van der Waals surface area contributed by atoms with E-state index < -0.39 is 18.6 Å². The number of rotatable bonds is 6. The Morgan fingerprint density at radius 3 is 2.65 bits per heavy atom. The number of aromatic nitrogens is 3. The Balaban J connectivity index is 1.71. The second kappa shape index (κ2) is 7.91. The zero-order chi connectivity index (χ0) is 18.5. The van der Waals surface area contributed by atoms with Crippen LogP contribution in [0.4, 0.5) is 24.1 Å². The molecule has 3 heterocycles. The van der Waals surface area contributed by atoms with Gasteiger partial charge in [0.25, 0.3) is 12.3 Å². The van der Waals surface area contributed by atoms with Crippen molar-refractivity contribution in [1.29, 1.82) is 0 Å². The number of anilines is 2. The SMILES string of the molecule is O=C(NC(F)C(F)F)c1ccnc(Nc2nc(-c3ccccn3)cs2)c1. The van der Waals surface area contributed by atoms with Crippen LogP contribution < -0.4 is 10.6 Å². The van der Waals surface area contributed by atoms with Crippen molar-refractivity contribution in [1.82, 2.24) is 20.3 Å². The van der Waals surface area contributed by atoms with Gasteiger partial charge in [-0.1, -0.05) is 6.07 Å². The van der Waals surface area contributed by atoms with Crippen LogP contribution in [0, 0.1) is 0 Å². The summed E-state index contributed by atoms with van der Waals surface area (Å²) in [4.78, 5) is 24.4. The molecule has 3 aromatic rings. The summed E-state index contributed by atoms with van der Waals surface area (Å²) in [6.45, 7) is 0. The molecule has 134 valence electrons. The Morgan fingerprint density at radius 1 is 1.08 bits per heavy atom. The molecular formula is C16H12F3N5OS. The number of nitrogens with one attached hydrogen (secondary N) is 2. The van der Waals surface area contributed by atoms with E-state index in [1.807, 2.05) is 12.1 Å². The van der Waals surface area contributed by atoms with Crippen molar-refractivity contribution in [2.45, 2.75) is 12.7 Å². The molecule has 0 aromatic carbocycles. The molecule has 3 aromatic heterocycles. The lowest BCUT2D eigenvalue weighted by Crippen LogP contribution is -2.36. The maximum absolute atomic E-state index is 12.9. The first-order valence-corrected chi connectivity index (χ1v) is 8.24. The van der Waals surface area contributed by atoms with Crippen molar-refractivity contribution in [3.8, 4) is 11.4 Å². The predicted molar refractivity (Wildman–Crippen MR) is 91.2 cm³/mol. The van der Waals surface area contributed by atoms with Crippen LogP contribution in [0.1, 0.15) is 10.4 Å². The largest absolute Gasteiger partial charge is 0.318 e. The lowest BCUT2D eigenvalue weighted by molar-refractivity contribution is 0.0287. The fourth-order valence-electron chi connectivity index (χ4n) is 1.98. The molecule has 0 saturated heterocycles. The van der Waals surface area contributed by atoms with Gasteiger partial charge in [0.15, 0.2) is 5.13 Å². The molecular weight excluding hydrogens is 367 g/mol. The maximum atomic E-state index is 12.9. The number of pyridine rings is 2. The van der Waals surface area contributed by atoms with Gasteiger partial charge in [-0.05, 0) is 24.3 Å². The molecule has 0 aliphatic carbocycles. The molecule has 1 atom stereocenters. The van der Waals surface area contributed by atoms with Crippen molar-refractivity contribution < 1.29 is 18.0 Å². The zero-order valence-corrected chi connectivity index (χ0v) is 13.9. The number of thiazole rings is 1. The lowest BCUT2D eigenvalue weighted by Gasteiger charge is -2.10. The minimum atomic E-state index is -3.29. The second-order valence-electron chi connectivity index (χ2n) is 5.02. The molecule has 0 radical (unpaired) electrons. The molecule has 1 unspecified atom stereocenters. The fraction of sp³-hybridized carbons (Fsp3) is 0.125.